The van der Waals surface area contributed by atoms with Gasteiger partial charge in [0.25, 0.3) is 5.56 Å². The van der Waals surface area contributed by atoms with Crippen molar-refractivity contribution in [1.29, 1.82) is 0 Å². The first-order valence-electron chi connectivity index (χ1n) is 10.2. The van der Waals surface area contributed by atoms with Gasteiger partial charge >= 0.3 is 5.69 Å². The minimum absolute atomic E-state index is 0. The van der Waals surface area contributed by atoms with Crippen molar-refractivity contribution in [2.24, 2.45) is 14.1 Å². The van der Waals surface area contributed by atoms with Gasteiger partial charge in [-0.2, -0.15) is 0 Å². The summed E-state index contributed by atoms with van der Waals surface area (Å²) in [6.45, 7) is 4.24. The lowest BCUT2D eigenvalue weighted by Gasteiger charge is -2.36. The third kappa shape index (κ3) is 7.13. The molecule has 0 atom stereocenters. The molecule has 3 rings (SSSR count). The van der Waals surface area contributed by atoms with Crippen LogP contribution in [0.2, 0.25) is 5.02 Å². The zero-order valence-corrected chi connectivity index (χ0v) is 21.2. The molecule has 0 amide bonds. The van der Waals surface area contributed by atoms with E-state index >= 15 is 0 Å². The molecule has 1 fully saturated rings. The van der Waals surface area contributed by atoms with Crippen molar-refractivity contribution >= 4 is 45.5 Å². The van der Waals surface area contributed by atoms with Crippen LogP contribution < -0.4 is 25.6 Å². The molecule has 13 heteroatoms. The number of piperazine rings is 1. The maximum absolute atomic E-state index is 12.2. The minimum atomic E-state index is -3.45. The maximum atomic E-state index is 12.2. The highest BCUT2D eigenvalue weighted by Crippen LogP contribution is 2.29. The molecule has 1 aromatic carbocycles. The molecular weight excluding hydrogens is 493 g/mol. The van der Waals surface area contributed by atoms with Crippen molar-refractivity contribution < 1.29 is 13.2 Å². The molecule has 2 aromatic rings. The van der Waals surface area contributed by atoms with Gasteiger partial charge in [0.2, 0.25) is 10.0 Å². The average molecular weight is 522 g/mol. The van der Waals surface area contributed by atoms with E-state index in [1.54, 1.807) is 19.2 Å². The SMILES string of the molecule is Cl.Cn1c(N2CCN(CCCOc3ccc(Cl)cc3NS(C)(=O)=O)CC2)cc(=O)n(C)c1=O. The Balaban J connectivity index is 0.00000385. The Morgan fingerprint density at radius 3 is 2.36 bits per heavy atom. The molecule has 0 unspecified atom stereocenters. The highest BCUT2D eigenvalue weighted by atomic mass is 35.5. The van der Waals surface area contributed by atoms with E-state index in [0.717, 1.165) is 36.9 Å². The number of halogens is 2. The summed E-state index contributed by atoms with van der Waals surface area (Å²) in [4.78, 5) is 28.5. The Morgan fingerprint density at radius 1 is 1.06 bits per heavy atom. The van der Waals surface area contributed by atoms with E-state index < -0.39 is 10.0 Å². The van der Waals surface area contributed by atoms with Gasteiger partial charge in [-0.1, -0.05) is 11.6 Å². The van der Waals surface area contributed by atoms with Crippen LogP contribution in [0.15, 0.2) is 33.9 Å². The van der Waals surface area contributed by atoms with Gasteiger partial charge in [-0.3, -0.25) is 23.6 Å². The second kappa shape index (κ2) is 11.3. The molecule has 1 saturated heterocycles. The van der Waals surface area contributed by atoms with Gasteiger partial charge in [0.1, 0.15) is 11.6 Å². The standard InChI is InChI=1S/C20H28ClN5O5S.ClH/c1-23-18(14-19(27)24(2)20(23)28)26-10-8-25(9-11-26)7-4-12-31-17-6-5-15(21)13-16(17)22-32(3,29)30;/h5-6,13-14,22H,4,7-12H2,1-3H3;1H. The number of ether oxygens (including phenoxy) is 1. The summed E-state index contributed by atoms with van der Waals surface area (Å²) in [5.74, 6) is 1.06. The van der Waals surface area contributed by atoms with Crippen LogP contribution in [0.25, 0.3) is 0 Å². The van der Waals surface area contributed by atoms with Gasteiger partial charge < -0.3 is 9.64 Å². The van der Waals surface area contributed by atoms with Crippen LogP contribution in [0.1, 0.15) is 6.42 Å². The molecule has 2 heterocycles. The second-order valence-corrected chi connectivity index (χ2v) is 9.97. The predicted molar refractivity (Wildman–Crippen MR) is 133 cm³/mol. The molecule has 0 radical (unpaired) electrons. The van der Waals surface area contributed by atoms with Crippen molar-refractivity contribution in [1.82, 2.24) is 14.0 Å². The summed E-state index contributed by atoms with van der Waals surface area (Å²) in [7, 11) is -0.305. The largest absolute Gasteiger partial charge is 0.491 e. The monoisotopic (exact) mass is 521 g/mol. The van der Waals surface area contributed by atoms with E-state index in [2.05, 4.69) is 9.62 Å². The molecule has 0 spiro atoms. The second-order valence-electron chi connectivity index (χ2n) is 7.79. The van der Waals surface area contributed by atoms with Crippen molar-refractivity contribution in [3.8, 4) is 5.75 Å². The first-order chi connectivity index (χ1) is 15.0. The Morgan fingerprint density at radius 2 is 1.73 bits per heavy atom. The van der Waals surface area contributed by atoms with E-state index in [1.165, 1.54) is 23.7 Å². The number of sulfonamides is 1. The Kier molecular flexibility index (Phi) is 9.24. The van der Waals surface area contributed by atoms with Crippen LogP contribution >= 0.6 is 24.0 Å². The third-order valence-electron chi connectivity index (χ3n) is 5.31. The fourth-order valence-electron chi connectivity index (χ4n) is 3.60. The number of aromatic nitrogens is 2. The predicted octanol–water partition coefficient (Wildman–Crippen LogP) is 1.12. The van der Waals surface area contributed by atoms with E-state index in [0.29, 0.717) is 42.0 Å². The molecule has 0 saturated carbocycles. The van der Waals surface area contributed by atoms with Crippen LogP contribution in [-0.2, 0) is 24.1 Å². The van der Waals surface area contributed by atoms with Crippen LogP contribution in [0.5, 0.6) is 5.75 Å². The molecule has 0 aliphatic carbocycles. The summed E-state index contributed by atoms with van der Waals surface area (Å²) in [5, 5.41) is 0.412. The highest BCUT2D eigenvalue weighted by molar-refractivity contribution is 7.92. The third-order valence-corrected chi connectivity index (χ3v) is 6.14. The van der Waals surface area contributed by atoms with Gasteiger partial charge in [0.05, 0.1) is 18.6 Å². The normalized spacial score (nSPS) is 14.6. The first kappa shape index (κ1) is 27.0. The van der Waals surface area contributed by atoms with E-state index in [-0.39, 0.29) is 23.7 Å². The topological polar surface area (TPSA) is 106 Å². The fourth-order valence-corrected chi connectivity index (χ4v) is 4.33. The molecule has 1 aliphatic rings. The number of nitrogens with zero attached hydrogens (tertiary/aromatic N) is 4. The average Bonchev–Trinajstić information content (AvgIpc) is 2.73. The van der Waals surface area contributed by atoms with Crippen LogP contribution in [0.3, 0.4) is 0 Å². The van der Waals surface area contributed by atoms with Gasteiger partial charge in [0.15, 0.2) is 0 Å². The number of rotatable bonds is 8. The Hall–Kier alpha value is -2.21. The van der Waals surface area contributed by atoms with Gasteiger partial charge in [-0.15, -0.1) is 12.4 Å². The summed E-state index contributed by atoms with van der Waals surface area (Å²) in [5.41, 5.74) is -0.332. The van der Waals surface area contributed by atoms with E-state index in [1.807, 2.05) is 4.90 Å². The molecule has 184 valence electrons. The molecule has 1 aliphatic heterocycles. The smallest absolute Gasteiger partial charge is 0.332 e. The van der Waals surface area contributed by atoms with Gasteiger partial charge in [-0.25, -0.2) is 13.2 Å². The summed E-state index contributed by atoms with van der Waals surface area (Å²) < 4.78 is 33.9. The number of hydrogen-bond acceptors (Lipinski definition) is 7. The lowest BCUT2D eigenvalue weighted by Crippen LogP contribution is -2.49. The molecule has 33 heavy (non-hydrogen) atoms. The van der Waals surface area contributed by atoms with Crippen LogP contribution in [0, 0.1) is 0 Å². The number of benzene rings is 1. The first-order valence-corrected chi connectivity index (χ1v) is 12.5. The Bertz CT molecular complexity index is 1190. The summed E-state index contributed by atoms with van der Waals surface area (Å²) in [6.07, 6.45) is 1.83. The lowest BCUT2D eigenvalue weighted by atomic mass is 10.3. The maximum Gasteiger partial charge on any atom is 0.332 e. The fraction of sp³-hybridized carbons (Fsp3) is 0.500. The molecule has 10 nitrogen and oxygen atoms in total. The van der Waals surface area contributed by atoms with Gasteiger partial charge in [0, 0.05) is 57.9 Å². The molecule has 0 bridgehead atoms. The number of anilines is 2. The highest BCUT2D eigenvalue weighted by Gasteiger charge is 2.20. The summed E-state index contributed by atoms with van der Waals surface area (Å²) >= 11 is 5.96. The summed E-state index contributed by atoms with van der Waals surface area (Å²) in [6, 6.07) is 6.30. The number of hydrogen-bond donors (Lipinski definition) is 1. The molecule has 1 aromatic heterocycles. The van der Waals surface area contributed by atoms with E-state index in [9.17, 15) is 18.0 Å². The minimum Gasteiger partial charge on any atom is -0.491 e. The van der Waals surface area contributed by atoms with Crippen LogP contribution in [-0.4, -0.2) is 68.0 Å². The quantitative estimate of drug-likeness (QED) is 0.518. The lowest BCUT2D eigenvalue weighted by molar-refractivity contribution is 0.224. The zero-order valence-electron chi connectivity index (χ0n) is 18.8. The van der Waals surface area contributed by atoms with Crippen molar-refractivity contribution in [2.75, 3.05) is 55.2 Å². The number of nitrogens with one attached hydrogen (secondary N) is 1. The van der Waals surface area contributed by atoms with Crippen molar-refractivity contribution in [3.05, 3.63) is 50.1 Å². The van der Waals surface area contributed by atoms with E-state index in [4.69, 9.17) is 16.3 Å². The molecular formula is C20H29Cl2N5O5S. The van der Waals surface area contributed by atoms with Crippen molar-refractivity contribution in [3.63, 3.8) is 0 Å². The van der Waals surface area contributed by atoms with Crippen molar-refractivity contribution in [2.45, 2.75) is 6.42 Å². The Labute approximate surface area is 204 Å². The zero-order chi connectivity index (χ0) is 23.5. The molecule has 1 N–H and O–H groups in total. The van der Waals surface area contributed by atoms with Crippen LogP contribution in [0.4, 0.5) is 11.5 Å². The van der Waals surface area contributed by atoms with Gasteiger partial charge in [-0.05, 0) is 24.6 Å².